The Kier molecular flexibility index (Phi) is 1.73. The highest BCUT2D eigenvalue weighted by Gasteiger charge is 2.39. The van der Waals surface area contributed by atoms with Crippen molar-refractivity contribution in [1.29, 1.82) is 0 Å². The molecule has 1 atom stereocenters. The van der Waals surface area contributed by atoms with Crippen molar-refractivity contribution in [2.75, 3.05) is 0 Å². The van der Waals surface area contributed by atoms with Crippen LogP contribution < -0.4 is 5.17 Å². The fourth-order valence-electron chi connectivity index (χ4n) is 0.642. The van der Waals surface area contributed by atoms with Gasteiger partial charge in [0.05, 0.1) is 0 Å². The molecule has 0 bridgehead atoms. The highest BCUT2D eigenvalue weighted by atomic mass is 19.4. The van der Waals surface area contributed by atoms with Crippen molar-refractivity contribution in [3.8, 4) is 0 Å². The number of alkyl halides is 3. The first-order valence-corrected chi connectivity index (χ1v) is 2.80. The summed E-state index contributed by atoms with van der Waals surface area (Å²) < 4.78 is 35.3. The van der Waals surface area contributed by atoms with Gasteiger partial charge in [0, 0.05) is 13.0 Å². The van der Waals surface area contributed by atoms with Crippen LogP contribution in [0.1, 0.15) is 6.92 Å². The first-order valence-electron chi connectivity index (χ1n) is 2.80. The topological polar surface area (TPSA) is 39.9 Å². The summed E-state index contributed by atoms with van der Waals surface area (Å²) in [5, 5.41) is 12.5. The fraction of sp³-hybridized carbons (Fsp3) is 0.400. The molecule has 0 saturated carbocycles. The zero-order valence-electron chi connectivity index (χ0n) is 5.57. The first kappa shape index (κ1) is 8.22. The molecule has 0 aromatic heterocycles. The van der Waals surface area contributed by atoms with Gasteiger partial charge in [0.2, 0.25) is 5.71 Å². The van der Waals surface area contributed by atoms with Gasteiger partial charge >= 0.3 is 6.18 Å². The summed E-state index contributed by atoms with van der Waals surface area (Å²) in [6.07, 6.45) is -3.77. The van der Waals surface area contributed by atoms with Crippen LogP contribution in [0, 0.1) is 5.21 Å². The van der Waals surface area contributed by atoms with E-state index in [4.69, 9.17) is 0 Å². The molecule has 1 aliphatic heterocycles. The molecule has 0 fully saturated rings. The van der Waals surface area contributed by atoms with Crippen molar-refractivity contribution in [3.05, 3.63) is 17.0 Å². The van der Waals surface area contributed by atoms with Crippen LogP contribution in [-0.2, 0) is 0 Å². The molecule has 0 saturated heterocycles. The number of hydrogen-bond acceptors (Lipinski definition) is 2. The summed E-state index contributed by atoms with van der Waals surface area (Å²) in [4.78, 5) is 0. The third kappa shape index (κ3) is 1.58. The Balaban J connectivity index is 2.87. The smallest absolute Gasteiger partial charge is 0.438 e. The van der Waals surface area contributed by atoms with Gasteiger partial charge < -0.3 is 5.21 Å². The van der Waals surface area contributed by atoms with Gasteiger partial charge in [-0.25, -0.2) is 5.17 Å². The number of rotatable bonds is 0. The van der Waals surface area contributed by atoms with Gasteiger partial charge in [-0.05, 0) is 0 Å². The van der Waals surface area contributed by atoms with Crippen LogP contribution >= 0.6 is 0 Å². The van der Waals surface area contributed by atoms with Crippen LogP contribution in [0.2, 0.25) is 0 Å². The molecular weight excluding hydrogens is 161 g/mol. The molecule has 0 amide bonds. The van der Waals surface area contributed by atoms with Gasteiger partial charge in [0.1, 0.15) is 5.70 Å². The molecule has 3 nitrogen and oxygen atoms in total. The maximum absolute atomic E-state index is 11.8. The Hall–Kier alpha value is -0.880. The van der Waals surface area contributed by atoms with Crippen molar-refractivity contribution in [1.82, 2.24) is 0 Å². The third-order valence-corrected chi connectivity index (χ3v) is 1.20. The van der Waals surface area contributed by atoms with Crippen LogP contribution in [0.4, 0.5) is 13.2 Å². The van der Waals surface area contributed by atoms with E-state index in [0.717, 1.165) is 6.08 Å². The number of hydrogen-bond donors (Lipinski definition) is 1. The average molecular weight is 166 g/mol. The van der Waals surface area contributed by atoms with Gasteiger partial charge in [-0.3, -0.25) is 0 Å². The molecule has 11 heavy (non-hydrogen) atoms. The van der Waals surface area contributed by atoms with E-state index < -0.39 is 17.1 Å². The van der Waals surface area contributed by atoms with Crippen molar-refractivity contribution in [2.24, 2.45) is 5.10 Å². The van der Waals surface area contributed by atoms with Gasteiger partial charge in [0.25, 0.3) is 0 Å². The average Bonchev–Trinajstić information content (AvgIpc) is 2.11. The van der Waals surface area contributed by atoms with Crippen molar-refractivity contribution >= 4 is 5.71 Å². The Morgan fingerprint density at radius 3 is 2.27 bits per heavy atom. The zero-order valence-corrected chi connectivity index (χ0v) is 5.57. The molecule has 1 rings (SSSR count). The monoisotopic (exact) mass is 166 g/mol. The Morgan fingerprint density at radius 2 is 2.09 bits per heavy atom. The van der Waals surface area contributed by atoms with Gasteiger partial charge in [-0.15, -0.1) is 0 Å². The number of nitrogens with one attached hydrogen (secondary N) is 1. The summed E-state index contributed by atoms with van der Waals surface area (Å²) in [7, 11) is 0. The van der Waals surface area contributed by atoms with Gasteiger partial charge in [-0.2, -0.15) is 13.2 Å². The minimum absolute atomic E-state index is 0.0253. The van der Waals surface area contributed by atoms with E-state index in [1.54, 1.807) is 0 Å². The van der Waals surface area contributed by atoms with Crippen LogP contribution in [0.25, 0.3) is 0 Å². The van der Waals surface area contributed by atoms with Gasteiger partial charge in [-0.1, -0.05) is 5.10 Å². The van der Waals surface area contributed by atoms with Crippen LogP contribution in [-0.4, -0.2) is 11.9 Å². The van der Waals surface area contributed by atoms with Gasteiger partial charge in [0.15, 0.2) is 0 Å². The molecule has 1 aliphatic rings. The predicted octanol–water partition coefficient (Wildman–Crippen LogP) is 0.205. The molecule has 62 valence electrons. The lowest BCUT2D eigenvalue weighted by molar-refractivity contribution is -0.810. The minimum atomic E-state index is -4.51. The SMILES string of the molecule is CC1=CC(C(F)(F)F)=N[NH+]1[O-]. The second-order valence-electron chi connectivity index (χ2n) is 2.13. The molecule has 1 N–H and O–H groups in total. The first-order chi connectivity index (χ1) is 4.91. The number of hydroxylamine groups is 1. The number of halogens is 3. The van der Waals surface area contributed by atoms with E-state index in [2.05, 4.69) is 5.10 Å². The predicted molar refractivity (Wildman–Crippen MR) is 31.6 cm³/mol. The zero-order chi connectivity index (χ0) is 8.65. The van der Waals surface area contributed by atoms with E-state index in [9.17, 15) is 18.4 Å². The van der Waals surface area contributed by atoms with Crippen LogP contribution in [0.15, 0.2) is 16.9 Å². The molecule has 0 spiro atoms. The maximum atomic E-state index is 11.8. The minimum Gasteiger partial charge on any atom is -0.601 e. The van der Waals surface area contributed by atoms with E-state index in [-0.39, 0.29) is 5.70 Å². The number of allylic oxidation sites excluding steroid dienone is 2. The number of nitrogens with zero attached hydrogens (tertiary/aromatic N) is 1. The quantitative estimate of drug-likeness (QED) is 0.513. The summed E-state index contributed by atoms with van der Waals surface area (Å²) in [5.74, 6) is 0. The highest BCUT2D eigenvalue weighted by molar-refractivity contribution is 6.00. The lowest BCUT2D eigenvalue weighted by Gasteiger charge is -2.08. The van der Waals surface area contributed by atoms with E-state index in [0.29, 0.717) is 0 Å². The molecule has 1 heterocycles. The highest BCUT2D eigenvalue weighted by Crippen LogP contribution is 2.19. The molecule has 0 aromatic carbocycles. The summed E-state index contributed by atoms with van der Waals surface area (Å²) >= 11 is 0. The summed E-state index contributed by atoms with van der Waals surface area (Å²) in [6, 6.07) is 0. The van der Waals surface area contributed by atoms with Crippen molar-refractivity contribution in [2.45, 2.75) is 13.1 Å². The molecular formula is C5H5F3N2O. The normalized spacial score (nSPS) is 25.0. The molecule has 0 aliphatic carbocycles. The Morgan fingerprint density at radius 1 is 1.55 bits per heavy atom. The standard InChI is InChI=1S/C5H5F3N2O/c1-3-2-4(5(6,7)8)9-10(3)11/h2,10H,1H3. The Bertz CT molecular complexity index is 230. The van der Waals surface area contributed by atoms with E-state index in [1.165, 1.54) is 6.92 Å². The van der Waals surface area contributed by atoms with Crippen molar-refractivity contribution in [3.63, 3.8) is 0 Å². The van der Waals surface area contributed by atoms with Crippen molar-refractivity contribution < 1.29 is 18.3 Å². The summed E-state index contributed by atoms with van der Waals surface area (Å²) in [6.45, 7) is 1.30. The van der Waals surface area contributed by atoms with E-state index in [1.807, 2.05) is 0 Å². The van der Waals surface area contributed by atoms with Crippen LogP contribution in [0.3, 0.4) is 0 Å². The largest absolute Gasteiger partial charge is 0.601 e. The second kappa shape index (κ2) is 2.31. The number of quaternary nitrogens is 1. The maximum Gasteiger partial charge on any atom is 0.438 e. The fourth-order valence-corrected chi connectivity index (χ4v) is 0.642. The molecule has 0 aromatic rings. The molecule has 0 radical (unpaired) electrons. The molecule has 1 unspecified atom stereocenters. The third-order valence-electron chi connectivity index (χ3n) is 1.20. The van der Waals surface area contributed by atoms with Crippen LogP contribution in [0.5, 0.6) is 0 Å². The summed E-state index contributed by atoms with van der Waals surface area (Å²) in [5.41, 5.74) is -1.09. The lowest BCUT2D eigenvalue weighted by atomic mass is 10.3. The molecule has 6 heteroatoms. The lowest BCUT2D eigenvalue weighted by Crippen LogP contribution is -2.98. The van der Waals surface area contributed by atoms with E-state index >= 15 is 0 Å². The Labute approximate surface area is 60.4 Å². The second-order valence-corrected chi connectivity index (χ2v) is 2.13.